The molecule has 0 heterocycles. The van der Waals surface area contributed by atoms with Crippen LogP contribution in [0.5, 0.6) is 0 Å². The minimum absolute atomic E-state index is 0.599. The van der Waals surface area contributed by atoms with Crippen molar-refractivity contribution in [3.8, 4) is 0 Å². The molecule has 0 aromatic rings. The van der Waals surface area contributed by atoms with Gasteiger partial charge in [0, 0.05) is 0 Å². The van der Waals surface area contributed by atoms with Gasteiger partial charge in [-0.15, -0.1) is 0 Å². The summed E-state index contributed by atoms with van der Waals surface area (Å²) in [5.41, 5.74) is 0. The van der Waals surface area contributed by atoms with Crippen LogP contribution in [0.3, 0.4) is 0 Å². The topological polar surface area (TPSA) is 18.5 Å². The Labute approximate surface area is 144 Å². The molecule has 0 amide bonds. The Morgan fingerprint density at radius 2 is 1.18 bits per heavy atom. The predicted molar refractivity (Wildman–Crippen MR) is 101 cm³/mol. The molecule has 0 aromatic heterocycles. The summed E-state index contributed by atoms with van der Waals surface area (Å²) in [6, 6.07) is 0. The van der Waals surface area contributed by atoms with Crippen molar-refractivity contribution in [2.45, 2.75) is 96.5 Å². The molecule has 2 nitrogen and oxygen atoms in total. The first-order valence-corrected chi connectivity index (χ1v) is 17.5. The third-order valence-electron chi connectivity index (χ3n) is 5.06. The van der Waals surface area contributed by atoms with Crippen LogP contribution in [0, 0.1) is 0 Å². The van der Waals surface area contributed by atoms with Crippen molar-refractivity contribution >= 4 is 18.4 Å². The zero-order chi connectivity index (χ0) is 16.7. The molecule has 134 valence electrons. The average Bonchev–Trinajstić information content (AvgIpc) is 2.54. The SMILES string of the molecule is CCC[CH2][Sn]([CH2]CCC)([CH2]CCC)[C@H](C)OCCCCOC. The van der Waals surface area contributed by atoms with Crippen LogP contribution in [0.25, 0.3) is 0 Å². The van der Waals surface area contributed by atoms with Gasteiger partial charge in [0.2, 0.25) is 0 Å². The normalized spacial score (nSPS) is 13.5. The van der Waals surface area contributed by atoms with Gasteiger partial charge in [0.25, 0.3) is 0 Å². The van der Waals surface area contributed by atoms with E-state index in [0.29, 0.717) is 4.12 Å². The van der Waals surface area contributed by atoms with Crippen molar-refractivity contribution < 1.29 is 9.47 Å². The molecule has 0 spiro atoms. The molecule has 0 unspecified atom stereocenters. The maximum absolute atomic E-state index is 6.38. The summed E-state index contributed by atoms with van der Waals surface area (Å²) in [5, 5.41) is 0. The number of rotatable bonds is 16. The second-order valence-corrected chi connectivity index (χ2v) is 21.3. The quantitative estimate of drug-likeness (QED) is 0.218. The van der Waals surface area contributed by atoms with Gasteiger partial charge in [-0.2, -0.15) is 0 Å². The summed E-state index contributed by atoms with van der Waals surface area (Å²) in [4.78, 5) is 0. The molecule has 0 saturated heterocycles. The number of hydrogen-bond acceptors (Lipinski definition) is 2. The Balaban J connectivity index is 4.58. The third kappa shape index (κ3) is 9.77. The minimum atomic E-state index is -2.15. The fraction of sp³-hybridized carbons (Fsp3) is 1.00. The van der Waals surface area contributed by atoms with Crippen LogP contribution in [-0.2, 0) is 9.47 Å². The third-order valence-corrected chi connectivity index (χ3v) is 22.0. The number of unbranched alkanes of at least 4 members (excludes halogenated alkanes) is 4. The van der Waals surface area contributed by atoms with Gasteiger partial charge in [-0.1, -0.05) is 0 Å². The van der Waals surface area contributed by atoms with Crippen molar-refractivity contribution in [2.24, 2.45) is 0 Å². The van der Waals surface area contributed by atoms with E-state index in [0.717, 1.165) is 26.1 Å². The molecule has 0 aliphatic rings. The summed E-state index contributed by atoms with van der Waals surface area (Å²) in [5.74, 6) is 0. The van der Waals surface area contributed by atoms with Crippen LogP contribution in [0.15, 0.2) is 0 Å². The first kappa shape index (κ1) is 22.7. The molecule has 22 heavy (non-hydrogen) atoms. The van der Waals surface area contributed by atoms with E-state index < -0.39 is 18.4 Å². The Morgan fingerprint density at radius 1 is 0.727 bits per heavy atom. The molecular weight excluding hydrogens is 379 g/mol. The van der Waals surface area contributed by atoms with E-state index in [9.17, 15) is 0 Å². The summed E-state index contributed by atoms with van der Waals surface area (Å²) in [7, 11) is 1.78. The molecule has 0 rings (SSSR count). The van der Waals surface area contributed by atoms with Gasteiger partial charge in [0.15, 0.2) is 0 Å². The van der Waals surface area contributed by atoms with Gasteiger partial charge < -0.3 is 0 Å². The standard InChI is InChI=1S/C7H15O2.3C4H9.Sn/c1-3-9-7-5-4-6-8-2;3*1-3-4-2;/h3H,4-7H2,1-2H3;3*1,3-4H2,2H3;. The molecule has 0 aliphatic carbocycles. The van der Waals surface area contributed by atoms with Gasteiger partial charge in [0.1, 0.15) is 0 Å². The summed E-state index contributed by atoms with van der Waals surface area (Å²) >= 11 is -2.15. The summed E-state index contributed by atoms with van der Waals surface area (Å²) in [6.07, 6.45) is 10.6. The molecule has 0 N–H and O–H groups in total. The van der Waals surface area contributed by atoms with Gasteiger partial charge in [-0.3, -0.25) is 0 Å². The van der Waals surface area contributed by atoms with Crippen molar-refractivity contribution in [3.63, 3.8) is 0 Å². The maximum atomic E-state index is 6.38. The van der Waals surface area contributed by atoms with Gasteiger partial charge in [-0.25, -0.2) is 0 Å². The Hall–Kier alpha value is 0.719. The van der Waals surface area contributed by atoms with E-state index in [4.69, 9.17) is 9.47 Å². The van der Waals surface area contributed by atoms with E-state index in [1.54, 1.807) is 20.4 Å². The average molecular weight is 421 g/mol. The Bertz CT molecular complexity index is 212. The van der Waals surface area contributed by atoms with E-state index in [2.05, 4.69) is 27.7 Å². The first-order valence-electron chi connectivity index (χ1n) is 9.77. The number of methoxy groups -OCH3 is 1. The van der Waals surface area contributed by atoms with Crippen LogP contribution < -0.4 is 0 Å². The van der Waals surface area contributed by atoms with Crippen molar-refractivity contribution in [3.05, 3.63) is 0 Å². The number of hydrogen-bond donors (Lipinski definition) is 0. The second kappa shape index (κ2) is 15.3. The predicted octanol–water partition coefficient (Wildman–Crippen LogP) is 6.21. The summed E-state index contributed by atoms with van der Waals surface area (Å²) in [6.45, 7) is 11.3. The molecule has 0 fully saturated rings. The Kier molecular flexibility index (Phi) is 15.8. The van der Waals surface area contributed by atoms with Crippen LogP contribution in [0.1, 0.15) is 79.1 Å². The molecule has 1 atom stereocenters. The van der Waals surface area contributed by atoms with Crippen LogP contribution in [0.4, 0.5) is 0 Å². The van der Waals surface area contributed by atoms with Crippen LogP contribution >= 0.6 is 0 Å². The van der Waals surface area contributed by atoms with Crippen LogP contribution in [0.2, 0.25) is 13.3 Å². The van der Waals surface area contributed by atoms with Crippen molar-refractivity contribution in [1.29, 1.82) is 0 Å². The molecule has 3 heteroatoms. The second-order valence-electron chi connectivity index (χ2n) is 6.89. The van der Waals surface area contributed by atoms with E-state index in [-0.39, 0.29) is 0 Å². The molecule has 0 saturated carbocycles. The van der Waals surface area contributed by atoms with Crippen molar-refractivity contribution in [2.75, 3.05) is 20.3 Å². The fourth-order valence-electron chi connectivity index (χ4n) is 3.36. The summed E-state index contributed by atoms with van der Waals surface area (Å²) < 4.78 is 16.8. The molecule has 0 radical (unpaired) electrons. The number of ether oxygens (including phenoxy) is 2. The molecule has 0 aromatic carbocycles. The van der Waals surface area contributed by atoms with Crippen LogP contribution in [-0.4, -0.2) is 42.8 Å². The van der Waals surface area contributed by atoms with Gasteiger partial charge in [0.05, 0.1) is 0 Å². The van der Waals surface area contributed by atoms with E-state index in [1.165, 1.54) is 38.5 Å². The molecular formula is C19H42O2Sn. The first-order chi connectivity index (χ1) is 10.7. The molecule has 0 bridgehead atoms. The monoisotopic (exact) mass is 422 g/mol. The molecule has 0 aliphatic heterocycles. The zero-order valence-electron chi connectivity index (χ0n) is 16.1. The fourth-order valence-corrected chi connectivity index (χ4v) is 19.4. The van der Waals surface area contributed by atoms with E-state index in [1.807, 2.05) is 0 Å². The van der Waals surface area contributed by atoms with Gasteiger partial charge >= 0.3 is 145 Å². The van der Waals surface area contributed by atoms with E-state index >= 15 is 0 Å². The van der Waals surface area contributed by atoms with Crippen molar-refractivity contribution in [1.82, 2.24) is 0 Å². The Morgan fingerprint density at radius 3 is 1.59 bits per heavy atom. The zero-order valence-corrected chi connectivity index (χ0v) is 18.9. The van der Waals surface area contributed by atoms with Gasteiger partial charge in [-0.05, 0) is 0 Å².